The van der Waals surface area contributed by atoms with Crippen LogP contribution in [0.5, 0.6) is 5.75 Å². The molecule has 1 aliphatic rings. The third-order valence-corrected chi connectivity index (χ3v) is 3.64. The minimum atomic E-state index is 0.0777. The normalized spacial score (nSPS) is 16.9. The van der Waals surface area contributed by atoms with E-state index >= 15 is 0 Å². The maximum Gasteiger partial charge on any atom is 0.132 e. The smallest absolute Gasteiger partial charge is 0.132 e. The molecule has 104 valence electrons. The van der Waals surface area contributed by atoms with Gasteiger partial charge in [0.25, 0.3) is 0 Å². The van der Waals surface area contributed by atoms with Gasteiger partial charge < -0.3 is 16.2 Å². The highest BCUT2D eigenvalue weighted by molar-refractivity contribution is 5.71. The second-order valence-corrected chi connectivity index (χ2v) is 5.24. The standard InChI is InChI=1S/C16H19N3O/c1-10-4-12-6-13(8-18)20-16(12)14(5-10)15-3-2-11(7-17)9-19-15/h2-5,9,13H,6-8,17-18H2,1H3. The van der Waals surface area contributed by atoms with Crippen LogP contribution in [0.3, 0.4) is 0 Å². The van der Waals surface area contributed by atoms with Crippen molar-refractivity contribution in [3.8, 4) is 17.0 Å². The SMILES string of the molecule is Cc1cc2c(c(-c3ccc(CN)cn3)c1)OC(CN)C2. The second-order valence-electron chi connectivity index (χ2n) is 5.24. The van der Waals surface area contributed by atoms with E-state index in [0.29, 0.717) is 13.1 Å². The van der Waals surface area contributed by atoms with E-state index in [1.165, 1.54) is 11.1 Å². The molecule has 4 nitrogen and oxygen atoms in total. The van der Waals surface area contributed by atoms with Gasteiger partial charge in [0.1, 0.15) is 11.9 Å². The van der Waals surface area contributed by atoms with Gasteiger partial charge >= 0.3 is 0 Å². The summed E-state index contributed by atoms with van der Waals surface area (Å²) in [6, 6.07) is 8.29. The number of nitrogens with zero attached hydrogens (tertiary/aromatic N) is 1. The number of nitrogens with two attached hydrogens (primary N) is 2. The monoisotopic (exact) mass is 269 g/mol. The lowest BCUT2D eigenvalue weighted by Crippen LogP contribution is -2.24. The molecular formula is C16H19N3O. The number of pyridine rings is 1. The van der Waals surface area contributed by atoms with E-state index in [4.69, 9.17) is 16.2 Å². The molecule has 0 spiro atoms. The first-order chi connectivity index (χ1) is 9.71. The molecule has 20 heavy (non-hydrogen) atoms. The van der Waals surface area contributed by atoms with Crippen LogP contribution in [0.1, 0.15) is 16.7 Å². The lowest BCUT2D eigenvalue weighted by Gasteiger charge is -2.11. The summed E-state index contributed by atoms with van der Waals surface area (Å²) in [5, 5.41) is 0. The van der Waals surface area contributed by atoms with Crippen molar-refractivity contribution in [1.82, 2.24) is 4.98 Å². The van der Waals surface area contributed by atoms with Gasteiger partial charge in [0, 0.05) is 31.3 Å². The summed E-state index contributed by atoms with van der Waals surface area (Å²) in [5.41, 5.74) is 16.8. The molecule has 0 saturated heterocycles. The lowest BCUT2D eigenvalue weighted by molar-refractivity contribution is 0.242. The summed E-state index contributed by atoms with van der Waals surface area (Å²) in [6.45, 7) is 3.13. The summed E-state index contributed by atoms with van der Waals surface area (Å²) in [6.07, 6.45) is 2.77. The molecule has 0 saturated carbocycles. The maximum atomic E-state index is 5.96. The minimum Gasteiger partial charge on any atom is -0.488 e. The van der Waals surface area contributed by atoms with Gasteiger partial charge in [0.2, 0.25) is 0 Å². The molecule has 3 rings (SSSR count). The topological polar surface area (TPSA) is 74.2 Å². The fourth-order valence-corrected chi connectivity index (χ4v) is 2.62. The number of fused-ring (bicyclic) bond motifs is 1. The largest absolute Gasteiger partial charge is 0.488 e. The zero-order valence-electron chi connectivity index (χ0n) is 11.6. The summed E-state index contributed by atoms with van der Waals surface area (Å²) in [5.74, 6) is 0.930. The zero-order valence-corrected chi connectivity index (χ0v) is 11.6. The van der Waals surface area contributed by atoms with Gasteiger partial charge in [-0.15, -0.1) is 0 Å². The van der Waals surface area contributed by atoms with Gasteiger partial charge in [0.05, 0.1) is 5.69 Å². The number of benzene rings is 1. The zero-order chi connectivity index (χ0) is 14.1. The number of aromatic nitrogens is 1. The maximum absolute atomic E-state index is 5.96. The van der Waals surface area contributed by atoms with E-state index in [9.17, 15) is 0 Å². The number of ether oxygens (including phenoxy) is 1. The Hall–Kier alpha value is -1.91. The summed E-state index contributed by atoms with van der Waals surface area (Å²) in [4.78, 5) is 4.50. The molecule has 1 aromatic carbocycles. The first-order valence-corrected chi connectivity index (χ1v) is 6.87. The quantitative estimate of drug-likeness (QED) is 0.890. The first kappa shape index (κ1) is 13.1. The van der Waals surface area contributed by atoms with E-state index in [1.54, 1.807) is 0 Å². The molecule has 1 aliphatic heterocycles. The van der Waals surface area contributed by atoms with Crippen molar-refractivity contribution in [2.75, 3.05) is 6.54 Å². The summed E-state index contributed by atoms with van der Waals surface area (Å²) < 4.78 is 5.96. The Balaban J connectivity index is 2.05. The van der Waals surface area contributed by atoms with Gasteiger partial charge in [-0.25, -0.2) is 0 Å². The van der Waals surface area contributed by atoms with Crippen LogP contribution in [0.15, 0.2) is 30.5 Å². The summed E-state index contributed by atoms with van der Waals surface area (Å²) >= 11 is 0. The van der Waals surface area contributed by atoms with Crippen molar-refractivity contribution in [1.29, 1.82) is 0 Å². The Morgan fingerprint density at radius 3 is 2.80 bits per heavy atom. The van der Waals surface area contributed by atoms with Crippen LogP contribution in [0.25, 0.3) is 11.3 Å². The van der Waals surface area contributed by atoms with Crippen molar-refractivity contribution in [2.24, 2.45) is 11.5 Å². The molecule has 0 radical (unpaired) electrons. The number of rotatable bonds is 3. The molecular weight excluding hydrogens is 250 g/mol. The third kappa shape index (κ3) is 2.28. The molecule has 0 aliphatic carbocycles. The van der Waals surface area contributed by atoms with Crippen molar-refractivity contribution in [3.05, 3.63) is 47.2 Å². The molecule has 1 aromatic heterocycles. The highest BCUT2D eigenvalue weighted by atomic mass is 16.5. The van der Waals surface area contributed by atoms with Crippen molar-refractivity contribution >= 4 is 0 Å². The average Bonchev–Trinajstić information content (AvgIpc) is 2.89. The Morgan fingerprint density at radius 1 is 1.30 bits per heavy atom. The summed E-state index contributed by atoms with van der Waals surface area (Å²) in [7, 11) is 0. The molecule has 4 N–H and O–H groups in total. The van der Waals surface area contributed by atoms with Gasteiger partial charge in [-0.05, 0) is 35.7 Å². The molecule has 1 atom stereocenters. The molecule has 2 aromatic rings. The predicted molar refractivity (Wildman–Crippen MR) is 79.5 cm³/mol. The van der Waals surface area contributed by atoms with Crippen LogP contribution >= 0.6 is 0 Å². The van der Waals surface area contributed by atoms with E-state index in [1.807, 2.05) is 18.3 Å². The molecule has 4 heteroatoms. The number of aryl methyl sites for hydroxylation is 1. The van der Waals surface area contributed by atoms with Gasteiger partial charge in [0.15, 0.2) is 0 Å². The minimum absolute atomic E-state index is 0.0777. The van der Waals surface area contributed by atoms with E-state index in [-0.39, 0.29) is 6.10 Å². The van der Waals surface area contributed by atoms with Crippen molar-refractivity contribution in [2.45, 2.75) is 26.0 Å². The molecule has 0 fully saturated rings. The molecule has 0 bridgehead atoms. The van der Waals surface area contributed by atoms with Crippen LogP contribution in [-0.2, 0) is 13.0 Å². The van der Waals surface area contributed by atoms with Crippen molar-refractivity contribution < 1.29 is 4.74 Å². The molecule has 0 amide bonds. The van der Waals surface area contributed by atoms with Crippen LogP contribution < -0.4 is 16.2 Å². The van der Waals surface area contributed by atoms with Crippen LogP contribution in [0.2, 0.25) is 0 Å². The van der Waals surface area contributed by atoms with E-state index < -0.39 is 0 Å². The molecule has 2 heterocycles. The third-order valence-electron chi connectivity index (χ3n) is 3.64. The van der Waals surface area contributed by atoms with E-state index in [0.717, 1.165) is 29.0 Å². The Labute approximate surface area is 118 Å². The fourth-order valence-electron chi connectivity index (χ4n) is 2.62. The number of hydrogen-bond donors (Lipinski definition) is 2. The van der Waals surface area contributed by atoms with Crippen LogP contribution in [-0.4, -0.2) is 17.6 Å². The first-order valence-electron chi connectivity index (χ1n) is 6.87. The van der Waals surface area contributed by atoms with Crippen LogP contribution in [0, 0.1) is 6.92 Å². The van der Waals surface area contributed by atoms with Gasteiger partial charge in [-0.2, -0.15) is 0 Å². The van der Waals surface area contributed by atoms with Crippen LogP contribution in [0.4, 0.5) is 0 Å². The number of hydrogen-bond acceptors (Lipinski definition) is 4. The highest BCUT2D eigenvalue weighted by Crippen LogP contribution is 2.38. The fraction of sp³-hybridized carbons (Fsp3) is 0.312. The highest BCUT2D eigenvalue weighted by Gasteiger charge is 2.25. The Kier molecular flexibility index (Phi) is 3.42. The van der Waals surface area contributed by atoms with Crippen molar-refractivity contribution in [3.63, 3.8) is 0 Å². The van der Waals surface area contributed by atoms with Gasteiger partial charge in [-0.3, -0.25) is 4.98 Å². The predicted octanol–water partition coefficient (Wildman–Crippen LogP) is 1.78. The average molecular weight is 269 g/mol. The van der Waals surface area contributed by atoms with Gasteiger partial charge in [-0.1, -0.05) is 12.1 Å². The van der Waals surface area contributed by atoms with E-state index in [2.05, 4.69) is 24.0 Å². The Morgan fingerprint density at radius 2 is 2.15 bits per heavy atom. The second kappa shape index (κ2) is 5.23. The lowest BCUT2D eigenvalue weighted by atomic mass is 10.0. The Bertz CT molecular complexity index is 622. The molecule has 1 unspecified atom stereocenters.